The van der Waals surface area contributed by atoms with Gasteiger partial charge in [0, 0.05) is 17.5 Å². The van der Waals surface area contributed by atoms with Crippen LogP contribution in [0.3, 0.4) is 0 Å². The van der Waals surface area contributed by atoms with Gasteiger partial charge in [-0.15, -0.1) is 11.3 Å². The fraction of sp³-hybridized carbons (Fsp3) is 0.579. The molecule has 1 aromatic carbocycles. The van der Waals surface area contributed by atoms with E-state index >= 15 is 0 Å². The van der Waals surface area contributed by atoms with E-state index in [2.05, 4.69) is 36.9 Å². The normalized spacial score (nSPS) is 20.4. The van der Waals surface area contributed by atoms with Crippen LogP contribution < -0.4 is 31.9 Å². The van der Waals surface area contributed by atoms with Gasteiger partial charge in [0.15, 0.2) is 0 Å². The molecule has 296 valence electrons. The average molecular weight is 769 g/mol. The van der Waals surface area contributed by atoms with Crippen LogP contribution in [0.5, 0.6) is 0 Å². The third kappa shape index (κ3) is 12.4. The predicted molar refractivity (Wildman–Crippen MR) is 206 cm³/mol. The van der Waals surface area contributed by atoms with Crippen LogP contribution in [-0.2, 0) is 33.5 Å². The van der Waals surface area contributed by atoms with Crippen molar-refractivity contribution in [2.24, 2.45) is 21.7 Å². The maximum absolute atomic E-state index is 14.6. The summed E-state index contributed by atoms with van der Waals surface area (Å²) in [6.45, 7) is 15.9. The third-order valence-corrected chi connectivity index (χ3v) is 9.86. The van der Waals surface area contributed by atoms with Crippen LogP contribution >= 0.6 is 11.3 Å². The lowest BCUT2D eigenvalue weighted by molar-refractivity contribution is -0.141. The highest BCUT2D eigenvalue weighted by Gasteiger charge is 2.40. The smallest absolute Gasteiger partial charge is 0.308 e. The zero-order valence-electron chi connectivity index (χ0n) is 32.9. The minimum Gasteiger partial charge on any atom is -0.469 e. The molecule has 2 aromatic rings. The van der Waals surface area contributed by atoms with Crippen molar-refractivity contribution in [3.63, 3.8) is 0 Å². The average Bonchev–Trinajstić information content (AvgIpc) is 3.64. The molecule has 1 aromatic heterocycles. The Hall–Kier alpha value is -4.86. The Morgan fingerprint density at radius 1 is 0.926 bits per heavy atom. The first kappa shape index (κ1) is 43.5. The van der Waals surface area contributed by atoms with Crippen LogP contribution in [0.25, 0.3) is 0 Å². The van der Waals surface area contributed by atoms with Gasteiger partial charge in [0.2, 0.25) is 29.5 Å². The van der Waals surface area contributed by atoms with Crippen LogP contribution in [-0.4, -0.2) is 90.7 Å². The molecule has 0 bridgehead atoms. The van der Waals surface area contributed by atoms with Crippen molar-refractivity contribution in [3.8, 4) is 0 Å². The number of esters is 1. The Balaban J connectivity index is 2.10. The summed E-state index contributed by atoms with van der Waals surface area (Å²) in [7, 11) is 1.26. The molecule has 15 nitrogen and oxygen atoms in total. The fourth-order valence-electron chi connectivity index (χ4n) is 5.82. The number of hydrogen-bond acceptors (Lipinski definition) is 10. The number of nitrogens with one attached hydrogen (secondary N) is 6. The molecule has 0 aliphatic carbocycles. The molecule has 5 amide bonds. The summed E-state index contributed by atoms with van der Waals surface area (Å²) in [6.07, 6.45) is 1.40. The largest absolute Gasteiger partial charge is 0.469 e. The Kier molecular flexibility index (Phi) is 15.3. The highest BCUT2D eigenvalue weighted by atomic mass is 32.1. The second-order valence-corrected chi connectivity index (χ2v) is 16.8. The second-order valence-electron chi connectivity index (χ2n) is 15.9. The van der Waals surface area contributed by atoms with Crippen molar-refractivity contribution < 1.29 is 33.5 Å². The predicted octanol–water partition coefficient (Wildman–Crippen LogP) is 2.36. The number of aliphatic imine (C=N–C) groups is 1. The summed E-state index contributed by atoms with van der Waals surface area (Å²) in [5.74, 6) is -3.77. The number of amides is 5. The van der Waals surface area contributed by atoms with Gasteiger partial charge >= 0.3 is 5.97 Å². The molecule has 16 heteroatoms. The molecule has 1 saturated heterocycles. The Bertz CT molecular complexity index is 1650. The number of rotatable bonds is 11. The van der Waals surface area contributed by atoms with Crippen LogP contribution in [0.1, 0.15) is 91.3 Å². The van der Waals surface area contributed by atoms with Crippen molar-refractivity contribution in [2.75, 3.05) is 20.2 Å². The number of carbonyl (C=O) groups excluding carboxylic acids is 6. The van der Waals surface area contributed by atoms with Crippen molar-refractivity contribution in [1.82, 2.24) is 36.9 Å². The molecule has 1 aliphatic heterocycles. The lowest BCUT2D eigenvalue weighted by Crippen LogP contribution is -2.61. The van der Waals surface area contributed by atoms with Crippen molar-refractivity contribution >= 4 is 52.7 Å². The van der Waals surface area contributed by atoms with E-state index in [1.807, 2.05) is 78.8 Å². The van der Waals surface area contributed by atoms with E-state index in [0.717, 1.165) is 5.56 Å². The zero-order chi connectivity index (χ0) is 40.4. The van der Waals surface area contributed by atoms with Gasteiger partial charge in [-0.2, -0.15) is 0 Å². The van der Waals surface area contributed by atoms with Crippen molar-refractivity contribution in [2.45, 2.75) is 105 Å². The topological polar surface area (TPSA) is 209 Å². The van der Waals surface area contributed by atoms with Crippen LogP contribution in [0.2, 0.25) is 0 Å². The SMILES string of the molecule is COC(=O)C[C@@H](NC(=O)[C@@H](NC(=O)[C@@H](/N=C1\NCC(=O)NCC(=O)N[C@@H](C(C)C)C(=O)N[C@H]1C(C)(C)C)C(C)(C)C)[C@@H](C)c1ccccc1)c1nccs1. The second kappa shape index (κ2) is 18.9. The summed E-state index contributed by atoms with van der Waals surface area (Å²) in [6, 6.07) is 4.41. The summed E-state index contributed by atoms with van der Waals surface area (Å²) >= 11 is 1.27. The van der Waals surface area contributed by atoms with E-state index in [4.69, 9.17) is 9.73 Å². The quantitative estimate of drug-likeness (QED) is 0.185. The molecule has 6 atom stereocenters. The van der Waals surface area contributed by atoms with Gasteiger partial charge in [-0.1, -0.05) is 92.6 Å². The molecule has 0 saturated carbocycles. The van der Waals surface area contributed by atoms with Gasteiger partial charge in [-0.05, 0) is 22.3 Å². The van der Waals surface area contributed by atoms with Crippen molar-refractivity contribution in [3.05, 3.63) is 52.5 Å². The number of thiazole rings is 1. The van der Waals surface area contributed by atoms with E-state index in [0.29, 0.717) is 5.01 Å². The summed E-state index contributed by atoms with van der Waals surface area (Å²) < 4.78 is 4.88. The van der Waals surface area contributed by atoms with Gasteiger partial charge in [0.1, 0.15) is 29.0 Å². The van der Waals surface area contributed by atoms with Gasteiger partial charge in [-0.25, -0.2) is 4.98 Å². The van der Waals surface area contributed by atoms with E-state index < -0.39 is 82.5 Å². The first-order valence-corrected chi connectivity index (χ1v) is 18.9. The van der Waals surface area contributed by atoms with Crippen LogP contribution in [0, 0.1) is 16.7 Å². The number of carbonyl (C=O) groups is 6. The van der Waals surface area contributed by atoms with Gasteiger partial charge in [0.25, 0.3) is 0 Å². The molecular weight excluding hydrogens is 713 g/mol. The molecular formula is C38H56N8O7S. The first-order valence-electron chi connectivity index (χ1n) is 18.0. The van der Waals surface area contributed by atoms with Crippen molar-refractivity contribution in [1.29, 1.82) is 0 Å². The summed E-state index contributed by atoms with van der Waals surface area (Å²) in [5.41, 5.74) is -0.748. The van der Waals surface area contributed by atoms with E-state index in [-0.39, 0.29) is 31.3 Å². The molecule has 0 spiro atoms. The van der Waals surface area contributed by atoms with Crippen LogP contribution in [0.4, 0.5) is 0 Å². The van der Waals surface area contributed by atoms with E-state index in [9.17, 15) is 28.8 Å². The molecule has 54 heavy (non-hydrogen) atoms. The summed E-state index contributed by atoms with van der Waals surface area (Å²) in [5, 5.41) is 19.5. The number of nitrogens with zero attached hydrogens (tertiary/aromatic N) is 2. The molecule has 6 N–H and O–H groups in total. The van der Waals surface area contributed by atoms with Gasteiger partial charge in [0.05, 0.1) is 38.7 Å². The van der Waals surface area contributed by atoms with E-state index in [1.54, 1.807) is 25.4 Å². The molecule has 0 radical (unpaired) electrons. The zero-order valence-corrected chi connectivity index (χ0v) is 33.7. The maximum atomic E-state index is 14.6. The Morgan fingerprint density at radius 3 is 2.13 bits per heavy atom. The minimum absolute atomic E-state index is 0.172. The number of aromatic nitrogens is 1. The lowest BCUT2D eigenvalue weighted by Gasteiger charge is -2.37. The number of amidine groups is 1. The standard InChI is InChI=1S/C38H56N8O7S/c1-21(2)28-33(50)46-30(37(4,5)6)32(41-19-25(47)40-20-26(48)43-28)45-31(38(7,8)9)35(52)44-29(22(3)23-14-12-11-13-15-23)34(51)42-24(18-27(49)53-10)36-39-16-17-54-36/h11-17,21-22,24,28-31H,18-20H2,1-10H3,(H,40,47)(H,41,45)(H,42,51)(H,43,48)(H,44,52)(H,46,50)/t22-,24+,28-,29-,30+,31+/m0/s1. The maximum Gasteiger partial charge on any atom is 0.308 e. The highest BCUT2D eigenvalue weighted by Crippen LogP contribution is 2.28. The number of hydrogen-bond donors (Lipinski definition) is 6. The first-order chi connectivity index (χ1) is 25.2. The molecule has 0 unspecified atom stereocenters. The van der Waals surface area contributed by atoms with Gasteiger partial charge < -0.3 is 36.6 Å². The lowest BCUT2D eigenvalue weighted by atomic mass is 9.83. The molecule has 1 aliphatic rings. The molecule has 3 rings (SSSR count). The number of ether oxygens (including phenoxy) is 1. The molecule has 1 fully saturated rings. The molecule has 2 heterocycles. The third-order valence-electron chi connectivity index (χ3n) is 8.97. The Labute approximate surface area is 321 Å². The number of methoxy groups -OCH3 is 1. The fourth-order valence-corrected chi connectivity index (χ4v) is 6.51. The van der Waals surface area contributed by atoms with Crippen LogP contribution in [0.15, 0.2) is 46.9 Å². The van der Waals surface area contributed by atoms with E-state index in [1.165, 1.54) is 18.4 Å². The monoisotopic (exact) mass is 768 g/mol. The summed E-state index contributed by atoms with van der Waals surface area (Å²) in [4.78, 5) is 89.6. The van der Waals surface area contributed by atoms with Gasteiger partial charge in [-0.3, -0.25) is 33.8 Å². The number of benzene rings is 1. The highest BCUT2D eigenvalue weighted by molar-refractivity contribution is 7.09. The Morgan fingerprint density at radius 2 is 1.57 bits per heavy atom. The minimum atomic E-state index is -1.14.